The molecule has 0 saturated heterocycles. The molecule has 0 aromatic heterocycles. The molecule has 1 atom stereocenters. The molecule has 1 spiro atoms. The minimum absolute atomic E-state index is 0.150. The Morgan fingerprint density at radius 3 is 2.46 bits per heavy atom. The normalized spacial score (nSPS) is 17.4. The van der Waals surface area contributed by atoms with Crippen molar-refractivity contribution in [2.45, 2.75) is 30.7 Å². The number of carbonyl (C=O) groups is 2. The molecular formula is C22H25N3O3. The molecule has 2 aromatic rings. The second-order valence-electron chi connectivity index (χ2n) is 7.82. The lowest BCUT2D eigenvalue weighted by Gasteiger charge is -2.19. The smallest absolute Gasteiger partial charge is 0.322 e. The third-order valence-corrected chi connectivity index (χ3v) is 5.77. The Labute approximate surface area is 164 Å². The minimum Gasteiger partial charge on any atom is -0.468 e. The zero-order valence-corrected chi connectivity index (χ0v) is 16.4. The van der Waals surface area contributed by atoms with Gasteiger partial charge in [0.1, 0.15) is 6.04 Å². The monoisotopic (exact) mass is 379 g/mol. The number of rotatable bonds is 5. The highest BCUT2D eigenvalue weighted by molar-refractivity contribution is 6.15. The third-order valence-electron chi connectivity index (χ3n) is 5.77. The Morgan fingerprint density at radius 1 is 1.21 bits per heavy atom. The van der Waals surface area contributed by atoms with Crippen LogP contribution in [0.2, 0.25) is 0 Å². The van der Waals surface area contributed by atoms with Crippen LogP contribution in [0.3, 0.4) is 0 Å². The number of hydrogen-bond donors (Lipinski definition) is 1. The molecule has 1 aliphatic carbocycles. The summed E-state index contributed by atoms with van der Waals surface area (Å²) in [7, 11) is 5.35. The number of hydrogen-bond acceptors (Lipinski definition) is 5. The Bertz CT molecular complexity index is 933. The second kappa shape index (κ2) is 6.63. The van der Waals surface area contributed by atoms with Crippen LogP contribution in [0.25, 0.3) is 0 Å². The molecule has 28 heavy (non-hydrogen) atoms. The standard InChI is InChI=1S/C22H25N3O3/c1-24(2)16-8-9-19-17(13-16)22(10-11-22)21(27)25(19)15-6-4-14(5-7-15)12-18(23)20(26)28-3/h4-9,13,18H,10-12,23H2,1-3H3/t18-/m0/s1. The van der Waals surface area contributed by atoms with E-state index in [-0.39, 0.29) is 11.3 Å². The van der Waals surface area contributed by atoms with Gasteiger partial charge in [-0.25, -0.2) is 0 Å². The highest BCUT2D eigenvalue weighted by Crippen LogP contribution is 2.59. The summed E-state index contributed by atoms with van der Waals surface area (Å²) in [6.07, 6.45) is 2.20. The van der Waals surface area contributed by atoms with E-state index >= 15 is 0 Å². The molecule has 0 bridgehead atoms. The number of carbonyl (C=O) groups excluding carboxylic acids is 2. The lowest BCUT2D eigenvalue weighted by molar-refractivity contribution is -0.142. The lowest BCUT2D eigenvalue weighted by atomic mass is 9.97. The van der Waals surface area contributed by atoms with Gasteiger partial charge in [0, 0.05) is 25.5 Å². The number of benzene rings is 2. The largest absolute Gasteiger partial charge is 0.468 e. The predicted molar refractivity (Wildman–Crippen MR) is 109 cm³/mol. The van der Waals surface area contributed by atoms with Crippen LogP contribution < -0.4 is 15.5 Å². The van der Waals surface area contributed by atoms with Crippen LogP contribution in [0.4, 0.5) is 17.1 Å². The lowest BCUT2D eigenvalue weighted by Crippen LogP contribution is -2.33. The summed E-state index contributed by atoms with van der Waals surface area (Å²) >= 11 is 0. The van der Waals surface area contributed by atoms with E-state index in [0.717, 1.165) is 41.0 Å². The van der Waals surface area contributed by atoms with E-state index in [1.54, 1.807) is 0 Å². The van der Waals surface area contributed by atoms with Gasteiger partial charge in [0.05, 0.1) is 18.2 Å². The van der Waals surface area contributed by atoms with Gasteiger partial charge < -0.3 is 15.4 Å². The zero-order valence-electron chi connectivity index (χ0n) is 16.4. The van der Waals surface area contributed by atoms with Crippen molar-refractivity contribution >= 4 is 28.9 Å². The van der Waals surface area contributed by atoms with E-state index in [1.807, 2.05) is 55.4 Å². The summed E-state index contributed by atoms with van der Waals surface area (Å²) in [5.41, 5.74) is 10.4. The van der Waals surface area contributed by atoms with E-state index in [0.29, 0.717) is 6.42 Å². The Hall–Kier alpha value is -2.86. The van der Waals surface area contributed by atoms with E-state index in [9.17, 15) is 9.59 Å². The number of methoxy groups -OCH3 is 1. The Morgan fingerprint density at radius 2 is 1.89 bits per heavy atom. The maximum atomic E-state index is 13.3. The molecule has 6 nitrogen and oxygen atoms in total. The van der Waals surface area contributed by atoms with E-state index < -0.39 is 12.0 Å². The summed E-state index contributed by atoms with van der Waals surface area (Å²) in [5, 5.41) is 0. The van der Waals surface area contributed by atoms with Gasteiger partial charge >= 0.3 is 5.97 Å². The van der Waals surface area contributed by atoms with Crippen molar-refractivity contribution in [1.29, 1.82) is 0 Å². The quantitative estimate of drug-likeness (QED) is 0.808. The van der Waals surface area contributed by atoms with Crippen LogP contribution in [0.15, 0.2) is 42.5 Å². The van der Waals surface area contributed by atoms with E-state index in [1.165, 1.54) is 7.11 Å². The maximum absolute atomic E-state index is 13.3. The molecule has 6 heteroatoms. The number of amides is 1. The third kappa shape index (κ3) is 2.85. The number of nitrogens with zero attached hydrogens (tertiary/aromatic N) is 2. The van der Waals surface area contributed by atoms with Crippen LogP contribution in [0.5, 0.6) is 0 Å². The van der Waals surface area contributed by atoms with E-state index in [2.05, 4.69) is 15.7 Å². The molecule has 4 rings (SSSR count). The minimum atomic E-state index is -0.691. The first-order valence-corrected chi connectivity index (χ1v) is 9.46. The zero-order chi connectivity index (χ0) is 20.1. The molecule has 0 radical (unpaired) electrons. The summed E-state index contributed by atoms with van der Waals surface area (Å²) in [4.78, 5) is 28.7. The highest BCUT2D eigenvalue weighted by Gasteiger charge is 2.59. The van der Waals surface area contributed by atoms with Gasteiger partial charge in [-0.2, -0.15) is 0 Å². The molecule has 1 saturated carbocycles. The maximum Gasteiger partial charge on any atom is 0.322 e. The fourth-order valence-corrected chi connectivity index (χ4v) is 3.95. The first-order valence-electron chi connectivity index (χ1n) is 9.46. The van der Waals surface area contributed by atoms with Gasteiger partial charge in [-0.3, -0.25) is 14.5 Å². The summed E-state index contributed by atoms with van der Waals surface area (Å²) in [6, 6.07) is 13.2. The average molecular weight is 379 g/mol. The van der Waals surface area contributed by atoms with Gasteiger partial charge in [-0.05, 0) is 60.7 Å². The van der Waals surface area contributed by atoms with Crippen molar-refractivity contribution < 1.29 is 14.3 Å². The predicted octanol–water partition coefficient (Wildman–Crippen LogP) is 2.51. The van der Waals surface area contributed by atoms with Gasteiger partial charge in [-0.1, -0.05) is 12.1 Å². The molecular weight excluding hydrogens is 354 g/mol. The topological polar surface area (TPSA) is 75.9 Å². The summed E-state index contributed by atoms with van der Waals surface area (Å²) in [5.74, 6) is -0.280. The molecule has 1 aliphatic heterocycles. The molecule has 1 fully saturated rings. The average Bonchev–Trinajstić information content (AvgIpc) is 3.46. The Balaban J connectivity index is 1.64. The van der Waals surface area contributed by atoms with Crippen LogP contribution in [0, 0.1) is 0 Å². The summed E-state index contributed by atoms with van der Waals surface area (Å²) in [6.45, 7) is 0. The number of ether oxygens (including phenoxy) is 1. The molecule has 2 aliphatic rings. The fourth-order valence-electron chi connectivity index (χ4n) is 3.95. The summed E-state index contributed by atoms with van der Waals surface area (Å²) < 4.78 is 4.68. The molecule has 1 heterocycles. The van der Waals surface area contributed by atoms with E-state index in [4.69, 9.17) is 5.73 Å². The number of fused-ring (bicyclic) bond motifs is 2. The number of nitrogens with two attached hydrogens (primary N) is 1. The SMILES string of the molecule is COC(=O)[C@@H](N)Cc1ccc(N2C(=O)C3(CC3)c3cc(N(C)C)ccc32)cc1. The second-order valence-corrected chi connectivity index (χ2v) is 7.82. The van der Waals surface area contributed by atoms with Gasteiger partial charge in [-0.15, -0.1) is 0 Å². The van der Waals surface area contributed by atoms with Gasteiger partial charge in [0.2, 0.25) is 5.91 Å². The van der Waals surface area contributed by atoms with Crippen molar-refractivity contribution in [1.82, 2.24) is 0 Å². The van der Waals surface area contributed by atoms with Crippen molar-refractivity contribution in [3.63, 3.8) is 0 Å². The van der Waals surface area contributed by atoms with Crippen LogP contribution in [-0.2, 0) is 26.2 Å². The molecule has 2 aromatic carbocycles. The van der Waals surface area contributed by atoms with Crippen molar-refractivity contribution in [3.8, 4) is 0 Å². The van der Waals surface area contributed by atoms with Crippen molar-refractivity contribution in [2.24, 2.45) is 5.73 Å². The first kappa shape index (κ1) is 18.5. The number of esters is 1. The van der Waals surface area contributed by atoms with Gasteiger partial charge in [0.15, 0.2) is 0 Å². The van der Waals surface area contributed by atoms with Crippen molar-refractivity contribution in [2.75, 3.05) is 31.0 Å². The molecule has 1 amide bonds. The molecule has 146 valence electrons. The van der Waals surface area contributed by atoms with Crippen LogP contribution in [-0.4, -0.2) is 39.1 Å². The Kier molecular flexibility index (Phi) is 4.38. The van der Waals surface area contributed by atoms with Gasteiger partial charge in [0.25, 0.3) is 0 Å². The fraction of sp³-hybridized carbons (Fsp3) is 0.364. The molecule has 2 N–H and O–H groups in total. The van der Waals surface area contributed by atoms with Crippen LogP contribution >= 0.6 is 0 Å². The van der Waals surface area contributed by atoms with Crippen molar-refractivity contribution in [3.05, 3.63) is 53.6 Å². The van der Waals surface area contributed by atoms with Crippen LogP contribution in [0.1, 0.15) is 24.0 Å². The first-order chi connectivity index (χ1) is 13.4. The highest BCUT2D eigenvalue weighted by atomic mass is 16.5. The number of anilines is 3. The molecule has 0 unspecified atom stereocenters.